The summed E-state index contributed by atoms with van der Waals surface area (Å²) in [4.78, 5) is 12.9. The average Bonchev–Trinajstić information content (AvgIpc) is 3.08. The number of halogens is 13. The second-order valence-corrected chi connectivity index (χ2v) is 7.56. The van der Waals surface area contributed by atoms with Crippen molar-refractivity contribution in [1.82, 2.24) is 9.78 Å². The molecule has 210 valence electrons. The first kappa shape index (κ1) is 32.5. The number of ketones is 1. The summed E-state index contributed by atoms with van der Waals surface area (Å²) in [6, 6.07) is 0.311. The Morgan fingerprint density at radius 1 is 0.850 bits per heavy atom. The number of rotatable bonds is 3. The molecule has 19 heteroatoms. The van der Waals surface area contributed by atoms with Crippen LogP contribution in [0.4, 0.5) is 57.1 Å². The van der Waals surface area contributed by atoms with Crippen LogP contribution in [0.2, 0.25) is 0 Å². The fourth-order valence-electron chi connectivity index (χ4n) is 3.48. The second-order valence-electron chi connectivity index (χ2n) is 7.56. The van der Waals surface area contributed by atoms with Crippen LogP contribution >= 0.6 is 0 Å². The Labute approximate surface area is 225 Å². The van der Waals surface area contributed by atoms with Crippen LogP contribution in [0.25, 0.3) is 5.69 Å². The van der Waals surface area contributed by atoms with E-state index in [4.69, 9.17) is 5.26 Å². The standard InChI is InChI=1S/C21H6F13N3O2.Zn/c1-5-10(17(38)6-2-8(19(26,27)28)7(4-35)9(3-6)20(29,30)31)18(39)37(36-5)16-14(24)12(22)11(21(32,33)34)13(23)15(16)25;/h2-3,39H,1H3;. The molecule has 0 spiro atoms. The van der Waals surface area contributed by atoms with Crippen LogP contribution in [0.15, 0.2) is 12.1 Å². The zero-order valence-corrected chi connectivity index (χ0v) is 21.9. The van der Waals surface area contributed by atoms with E-state index in [9.17, 15) is 67.0 Å². The predicted molar refractivity (Wildman–Crippen MR) is 99.4 cm³/mol. The third-order valence-corrected chi connectivity index (χ3v) is 5.12. The number of hydrogen-bond donors (Lipinski definition) is 1. The maximum absolute atomic E-state index is 14.4. The molecular formula is C21H6F13N3O2Zn. The van der Waals surface area contributed by atoms with Crippen molar-refractivity contribution in [3.05, 3.63) is 74.5 Å². The number of benzene rings is 2. The fourth-order valence-corrected chi connectivity index (χ4v) is 3.48. The molecule has 1 aromatic heterocycles. The van der Waals surface area contributed by atoms with Crippen molar-refractivity contribution >= 4 is 5.78 Å². The van der Waals surface area contributed by atoms with Gasteiger partial charge in [-0.25, -0.2) is 17.6 Å². The number of aryl methyl sites for hydroxylation is 1. The molecule has 3 rings (SSSR count). The minimum absolute atomic E-state index is 0. The maximum Gasteiger partial charge on any atom is 0.422 e. The zero-order valence-electron chi connectivity index (χ0n) is 19.0. The Balaban J connectivity index is 0.00000560. The SMILES string of the molecule is Cc1nn(-c2c(F)c(F)c(C(F)(F)F)c(F)c2F)c(O)c1C(=O)c1cc(C(F)(F)F)c(C#N)c(C(F)(F)F)c1.[Zn]. The first-order valence-electron chi connectivity index (χ1n) is 9.63. The summed E-state index contributed by atoms with van der Waals surface area (Å²) in [6.07, 6.45) is -17.2. The van der Waals surface area contributed by atoms with Crippen molar-refractivity contribution in [3.8, 4) is 17.6 Å². The van der Waals surface area contributed by atoms with Crippen LogP contribution in [-0.2, 0) is 38.0 Å². The number of carbonyl (C=O) groups is 1. The van der Waals surface area contributed by atoms with Gasteiger partial charge in [0, 0.05) is 25.0 Å². The molecule has 1 heterocycles. The van der Waals surface area contributed by atoms with Crippen LogP contribution in [0.1, 0.15) is 43.9 Å². The molecule has 3 aromatic rings. The van der Waals surface area contributed by atoms with Crippen LogP contribution in [0.5, 0.6) is 5.88 Å². The van der Waals surface area contributed by atoms with Crippen molar-refractivity contribution < 1.29 is 86.5 Å². The van der Waals surface area contributed by atoms with E-state index in [2.05, 4.69) is 5.10 Å². The minimum atomic E-state index is -5.94. The maximum atomic E-state index is 14.4. The van der Waals surface area contributed by atoms with Crippen LogP contribution < -0.4 is 0 Å². The van der Waals surface area contributed by atoms with Crippen molar-refractivity contribution in [3.63, 3.8) is 0 Å². The number of aromatic nitrogens is 2. The average molecular weight is 645 g/mol. The molecular weight excluding hydrogens is 639 g/mol. The molecule has 0 unspecified atom stereocenters. The van der Waals surface area contributed by atoms with Gasteiger partial charge >= 0.3 is 18.5 Å². The molecule has 1 N–H and O–H groups in total. The number of aromatic hydroxyl groups is 1. The molecule has 0 amide bonds. The third-order valence-electron chi connectivity index (χ3n) is 5.12. The Hall–Kier alpha value is -3.68. The van der Waals surface area contributed by atoms with E-state index in [0.29, 0.717) is 6.92 Å². The Morgan fingerprint density at radius 3 is 1.62 bits per heavy atom. The van der Waals surface area contributed by atoms with E-state index < -0.39 is 103 Å². The van der Waals surface area contributed by atoms with Crippen LogP contribution in [0, 0.1) is 41.5 Å². The molecule has 0 aliphatic heterocycles. The summed E-state index contributed by atoms with van der Waals surface area (Å²) in [5.41, 5.74) is -15.2. The summed E-state index contributed by atoms with van der Waals surface area (Å²) >= 11 is 0. The monoisotopic (exact) mass is 643 g/mol. The van der Waals surface area contributed by atoms with E-state index in [1.807, 2.05) is 0 Å². The predicted octanol–water partition coefficient (Wildman–Crippen LogP) is 6.60. The molecule has 0 aliphatic rings. The van der Waals surface area contributed by atoms with E-state index in [1.54, 1.807) is 0 Å². The Kier molecular flexibility index (Phi) is 8.44. The van der Waals surface area contributed by atoms with E-state index in [1.165, 1.54) is 0 Å². The molecule has 0 aliphatic carbocycles. The minimum Gasteiger partial charge on any atom is -0.493 e. The molecule has 5 nitrogen and oxygen atoms in total. The quantitative estimate of drug-likeness (QED) is 0.151. The Bertz CT molecular complexity index is 1500. The van der Waals surface area contributed by atoms with Crippen molar-refractivity contribution in [2.45, 2.75) is 25.5 Å². The van der Waals surface area contributed by atoms with Gasteiger partial charge in [0.15, 0.2) is 29.1 Å². The van der Waals surface area contributed by atoms with Gasteiger partial charge in [0.25, 0.3) is 0 Å². The number of alkyl halides is 9. The van der Waals surface area contributed by atoms with Gasteiger partial charge < -0.3 is 5.11 Å². The van der Waals surface area contributed by atoms with E-state index in [-0.39, 0.29) is 31.6 Å². The normalized spacial score (nSPS) is 12.2. The summed E-state index contributed by atoms with van der Waals surface area (Å²) in [5.74, 6) is -15.3. The number of carbonyl (C=O) groups excluding carboxylic acids is 1. The van der Waals surface area contributed by atoms with Gasteiger partial charge in [-0.3, -0.25) is 4.79 Å². The van der Waals surface area contributed by atoms with Gasteiger partial charge in [0.05, 0.1) is 22.4 Å². The number of hydrogen-bond acceptors (Lipinski definition) is 4. The van der Waals surface area contributed by atoms with Gasteiger partial charge in [0.2, 0.25) is 5.88 Å². The smallest absolute Gasteiger partial charge is 0.422 e. The Morgan fingerprint density at radius 2 is 1.27 bits per heavy atom. The molecule has 0 saturated heterocycles. The van der Waals surface area contributed by atoms with E-state index >= 15 is 0 Å². The largest absolute Gasteiger partial charge is 0.493 e. The van der Waals surface area contributed by atoms with Gasteiger partial charge in [-0.2, -0.15) is 54.6 Å². The summed E-state index contributed by atoms with van der Waals surface area (Å²) in [7, 11) is 0. The summed E-state index contributed by atoms with van der Waals surface area (Å²) < 4.78 is 175. The van der Waals surface area contributed by atoms with Gasteiger partial charge in [0.1, 0.15) is 22.9 Å². The van der Waals surface area contributed by atoms with Gasteiger partial charge in [-0.15, -0.1) is 0 Å². The zero-order chi connectivity index (χ0) is 30.0. The topological polar surface area (TPSA) is 78.9 Å². The van der Waals surface area contributed by atoms with E-state index in [0.717, 1.165) is 6.07 Å². The van der Waals surface area contributed by atoms with Crippen molar-refractivity contribution in [1.29, 1.82) is 5.26 Å². The first-order chi connectivity index (χ1) is 17.6. The second kappa shape index (κ2) is 10.4. The molecule has 0 radical (unpaired) electrons. The van der Waals surface area contributed by atoms with Crippen molar-refractivity contribution in [2.24, 2.45) is 0 Å². The summed E-state index contributed by atoms with van der Waals surface area (Å²) in [5, 5.41) is 22.3. The van der Waals surface area contributed by atoms with Crippen LogP contribution in [-0.4, -0.2) is 20.7 Å². The third kappa shape index (κ3) is 5.36. The summed E-state index contributed by atoms with van der Waals surface area (Å²) in [6.45, 7) is 0.703. The first-order valence-corrected chi connectivity index (χ1v) is 9.63. The molecule has 0 saturated carbocycles. The molecule has 40 heavy (non-hydrogen) atoms. The molecule has 2 aromatic carbocycles. The number of nitrogens with zero attached hydrogens (tertiary/aromatic N) is 3. The van der Waals surface area contributed by atoms with Gasteiger partial charge in [-0.1, -0.05) is 0 Å². The van der Waals surface area contributed by atoms with Crippen molar-refractivity contribution in [2.75, 3.05) is 0 Å². The molecule has 0 bridgehead atoms. The van der Waals surface area contributed by atoms with Gasteiger partial charge in [-0.05, 0) is 19.1 Å². The fraction of sp³-hybridized carbons (Fsp3) is 0.190. The van der Waals surface area contributed by atoms with Crippen LogP contribution in [0.3, 0.4) is 0 Å². The molecule has 0 fully saturated rings. The number of nitriles is 1. The molecule has 0 atom stereocenters.